The number of nitrogens with one attached hydrogen (secondary N) is 1. The van der Waals surface area contributed by atoms with Crippen molar-refractivity contribution in [1.82, 2.24) is 20.1 Å². The maximum Gasteiger partial charge on any atom is 0.227 e. The molecule has 29 heavy (non-hydrogen) atoms. The minimum absolute atomic E-state index is 0.0448. The van der Waals surface area contributed by atoms with Crippen molar-refractivity contribution in [1.29, 1.82) is 0 Å². The minimum atomic E-state index is -0.290. The molecule has 0 bridgehead atoms. The number of hydrogen-bond acceptors (Lipinski definition) is 4. The van der Waals surface area contributed by atoms with Crippen molar-refractivity contribution < 1.29 is 9.59 Å². The van der Waals surface area contributed by atoms with Crippen molar-refractivity contribution in [2.24, 2.45) is 0 Å². The molecule has 0 saturated carbocycles. The molecule has 1 unspecified atom stereocenters. The maximum atomic E-state index is 12.9. The topological polar surface area (TPSA) is 65.5 Å². The van der Waals surface area contributed by atoms with E-state index in [-0.39, 0.29) is 17.7 Å². The molecule has 1 aromatic carbocycles. The zero-order chi connectivity index (χ0) is 20.5. The fourth-order valence-corrected chi connectivity index (χ4v) is 3.69. The number of likely N-dealkylation sites (N-methyl/N-ethyl adjacent to an activating group) is 1. The Hall–Kier alpha value is -2.73. The predicted octanol–water partition coefficient (Wildman–Crippen LogP) is 2.08. The first kappa shape index (κ1) is 21.0. The molecule has 1 saturated heterocycles. The third kappa shape index (κ3) is 6.12. The Morgan fingerprint density at radius 2 is 1.72 bits per heavy atom. The lowest BCUT2D eigenvalue weighted by molar-refractivity contribution is -0.133. The van der Waals surface area contributed by atoms with E-state index in [2.05, 4.69) is 22.1 Å². The Bertz CT molecular complexity index is 774. The largest absolute Gasteiger partial charge is 0.355 e. The smallest absolute Gasteiger partial charge is 0.227 e. The van der Waals surface area contributed by atoms with Crippen LogP contribution in [0.25, 0.3) is 0 Å². The SMILES string of the molecule is CCN1CCN(C(=O)CCNC(=O)C(Cc2ccncc2)c2ccccc2)CC1. The fraction of sp³-hybridized carbons (Fsp3) is 0.435. The normalized spacial score (nSPS) is 15.7. The molecular weight excluding hydrogens is 364 g/mol. The summed E-state index contributed by atoms with van der Waals surface area (Å²) in [6.07, 6.45) is 4.43. The van der Waals surface area contributed by atoms with Crippen LogP contribution in [0.3, 0.4) is 0 Å². The third-order valence-corrected chi connectivity index (χ3v) is 5.52. The first-order valence-electron chi connectivity index (χ1n) is 10.4. The summed E-state index contributed by atoms with van der Waals surface area (Å²) in [6.45, 7) is 6.93. The van der Waals surface area contributed by atoms with Crippen molar-refractivity contribution in [3.05, 3.63) is 66.0 Å². The number of pyridine rings is 1. The molecule has 0 spiro atoms. The predicted molar refractivity (Wildman–Crippen MR) is 113 cm³/mol. The number of hydrogen-bond donors (Lipinski definition) is 1. The number of carbonyl (C=O) groups excluding carboxylic acids is 2. The minimum Gasteiger partial charge on any atom is -0.355 e. The second-order valence-electron chi connectivity index (χ2n) is 7.38. The maximum absolute atomic E-state index is 12.9. The van der Waals surface area contributed by atoms with Crippen LogP contribution in [0.1, 0.15) is 30.4 Å². The van der Waals surface area contributed by atoms with Gasteiger partial charge in [0.25, 0.3) is 0 Å². The molecule has 6 heteroatoms. The van der Waals surface area contributed by atoms with Gasteiger partial charge in [-0.3, -0.25) is 14.6 Å². The lowest BCUT2D eigenvalue weighted by Crippen LogP contribution is -2.49. The standard InChI is InChI=1S/C23H30N4O2/c1-2-26-14-16-27(17-15-26)22(28)10-13-25-23(29)21(20-6-4-3-5-7-20)18-19-8-11-24-12-9-19/h3-9,11-12,21H,2,10,13-18H2,1H3,(H,25,29). The number of amides is 2. The molecule has 2 heterocycles. The first-order chi connectivity index (χ1) is 14.2. The summed E-state index contributed by atoms with van der Waals surface area (Å²) in [6, 6.07) is 13.7. The molecule has 2 amide bonds. The van der Waals surface area contributed by atoms with E-state index < -0.39 is 0 Å². The van der Waals surface area contributed by atoms with Crippen molar-refractivity contribution >= 4 is 11.8 Å². The lowest BCUT2D eigenvalue weighted by atomic mass is 9.91. The molecule has 2 aromatic rings. The van der Waals surface area contributed by atoms with Crippen LogP contribution in [-0.2, 0) is 16.0 Å². The first-order valence-corrected chi connectivity index (χ1v) is 10.4. The van der Waals surface area contributed by atoms with Crippen LogP contribution < -0.4 is 5.32 Å². The molecule has 6 nitrogen and oxygen atoms in total. The fourth-order valence-electron chi connectivity index (χ4n) is 3.69. The van der Waals surface area contributed by atoms with E-state index in [9.17, 15) is 9.59 Å². The van der Waals surface area contributed by atoms with E-state index in [4.69, 9.17) is 0 Å². The van der Waals surface area contributed by atoms with E-state index in [0.29, 0.717) is 19.4 Å². The average Bonchev–Trinajstić information content (AvgIpc) is 2.78. The highest BCUT2D eigenvalue weighted by Crippen LogP contribution is 2.21. The second-order valence-corrected chi connectivity index (χ2v) is 7.38. The summed E-state index contributed by atoms with van der Waals surface area (Å²) in [4.78, 5) is 33.7. The van der Waals surface area contributed by atoms with Gasteiger partial charge in [0, 0.05) is 51.5 Å². The Balaban J connectivity index is 1.54. The summed E-state index contributed by atoms with van der Waals surface area (Å²) >= 11 is 0. The molecule has 1 atom stereocenters. The monoisotopic (exact) mass is 394 g/mol. The van der Waals surface area contributed by atoms with E-state index >= 15 is 0 Å². The van der Waals surface area contributed by atoms with E-state index in [1.54, 1.807) is 12.4 Å². The quantitative estimate of drug-likeness (QED) is 0.745. The van der Waals surface area contributed by atoms with Gasteiger partial charge in [0.05, 0.1) is 5.92 Å². The van der Waals surface area contributed by atoms with Gasteiger partial charge in [0.15, 0.2) is 0 Å². The lowest BCUT2D eigenvalue weighted by Gasteiger charge is -2.34. The van der Waals surface area contributed by atoms with Crippen LogP contribution in [0, 0.1) is 0 Å². The van der Waals surface area contributed by atoms with Gasteiger partial charge in [0.1, 0.15) is 0 Å². The van der Waals surface area contributed by atoms with Crippen molar-refractivity contribution in [3.63, 3.8) is 0 Å². The van der Waals surface area contributed by atoms with E-state index in [1.165, 1.54) is 0 Å². The van der Waals surface area contributed by atoms with Gasteiger partial charge in [-0.25, -0.2) is 0 Å². The molecule has 1 aromatic heterocycles. The van der Waals surface area contributed by atoms with Gasteiger partial charge in [-0.2, -0.15) is 0 Å². The Kier molecular flexibility index (Phi) is 7.76. The summed E-state index contributed by atoms with van der Waals surface area (Å²) in [5.41, 5.74) is 2.04. The van der Waals surface area contributed by atoms with Gasteiger partial charge in [-0.05, 0) is 36.2 Å². The molecule has 1 aliphatic heterocycles. The summed E-state index contributed by atoms with van der Waals surface area (Å²) in [5.74, 6) is -0.218. The summed E-state index contributed by atoms with van der Waals surface area (Å²) in [5, 5.41) is 2.98. The van der Waals surface area contributed by atoms with Gasteiger partial charge >= 0.3 is 0 Å². The molecule has 154 valence electrons. The van der Waals surface area contributed by atoms with Crippen LogP contribution in [0.2, 0.25) is 0 Å². The number of aromatic nitrogens is 1. The Morgan fingerprint density at radius 3 is 2.38 bits per heavy atom. The number of rotatable bonds is 8. The number of benzene rings is 1. The molecular formula is C23H30N4O2. The number of piperazine rings is 1. The third-order valence-electron chi connectivity index (χ3n) is 5.52. The zero-order valence-electron chi connectivity index (χ0n) is 17.1. The van der Waals surface area contributed by atoms with Gasteiger partial charge in [0.2, 0.25) is 11.8 Å². The highest BCUT2D eigenvalue weighted by atomic mass is 16.2. The average molecular weight is 395 g/mol. The van der Waals surface area contributed by atoms with Crippen molar-refractivity contribution in [3.8, 4) is 0 Å². The number of nitrogens with zero attached hydrogens (tertiary/aromatic N) is 3. The number of carbonyl (C=O) groups is 2. The molecule has 1 fully saturated rings. The van der Waals surface area contributed by atoms with Crippen molar-refractivity contribution in [2.45, 2.75) is 25.7 Å². The Morgan fingerprint density at radius 1 is 1.03 bits per heavy atom. The van der Waals surface area contributed by atoms with Crippen LogP contribution >= 0.6 is 0 Å². The molecule has 1 N–H and O–H groups in total. The summed E-state index contributed by atoms with van der Waals surface area (Å²) in [7, 11) is 0. The van der Waals surface area contributed by atoms with Gasteiger partial charge < -0.3 is 15.1 Å². The molecule has 1 aliphatic rings. The Labute approximate surface area is 172 Å². The van der Waals surface area contributed by atoms with Crippen LogP contribution in [-0.4, -0.2) is 65.9 Å². The summed E-state index contributed by atoms with van der Waals surface area (Å²) < 4.78 is 0. The van der Waals surface area contributed by atoms with Crippen LogP contribution in [0.5, 0.6) is 0 Å². The second kappa shape index (κ2) is 10.7. The van der Waals surface area contributed by atoms with Crippen LogP contribution in [0.4, 0.5) is 0 Å². The molecule has 0 aliphatic carbocycles. The van der Waals surface area contributed by atoms with Gasteiger partial charge in [-0.1, -0.05) is 37.3 Å². The van der Waals surface area contributed by atoms with Crippen molar-refractivity contribution in [2.75, 3.05) is 39.3 Å². The van der Waals surface area contributed by atoms with Crippen LogP contribution in [0.15, 0.2) is 54.9 Å². The highest BCUT2D eigenvalue weighted by molar-refractivity contribution is 5.84. The van der Waals surface area contributed by atoms with E-state index in [0.717, 1.165) is 43.9 Å². The van der Waals surface area contributed by atoms with Gasteiger partial charge in [-0.15, -0.1) is 0 Å². The molecule has 3 rings (SSSR count). The molecule has 0 radical (unpaired) electrons. The highest BCUT2D eigenvalue weighted by Gasteiger charge is 2.23. The zero-order valence-corrected chi connectivity index (χ0v) is 17.1. The van der Waals surface area contributed by atoms with E-state index in [1.807, 2.05) is 47.4 Å².